The van der Waals surface area contributed by atoms with Gasteiger partial charge in [0.15, 0.2) is 0 Å². The molecule has 5 heteroatoms. The highest BCUT2D eigenvalue weighted by Gasteiger charge is 2.16. The minimum absolute atomic E-state index is 0.200. The van der Waals surface area contributed by atoms with Gasteiger partial charge in [0, 0.05) is 22.5 Å². The van der Waals surface area contributed by atoms with Gasteiger partial charge in [-0.2, -0.15) is 0 Å². The van der Waals surface area contributed by atoms with Crippen LogP contribution in [0.5, 0.6) is 0 Å². The number of hydrogen-bond donors (Lipinski definition) is 0. The van der Waals surface area contributed by atoms with Crippen molar-refractivity contribution >= 4 is 33.6 Å². The number of carbonyl (C=O) groups excluding carboxylic acids is 1. The molecule has 0 aliphatic carbocycles. The molecule has 2 rings (SSSR count). The van der Waals surface area contributed by atoms with Crippen molar-refractivity contribution in [3.63, 3.8) is 0 Å². The van der Waals surface area contributed by atoms with Crippen LogP contribution in [0.15, 0.2) is 27.6 Å². The lowest BCUT2D eigenvalue weighted by atomic mass is 10.2. The van der Waals surface area contributed by atoms with Crippen molar-refractivity contribution < 1.29 is 9.53 Å². The number of hydrogen-bond acceptors (Lipinski definition) is 3. The molecule has 0 N–H and O–H groups in total. The van der Waals surface area contributed by atoms with Gasteiger partial charge in [0.05, 0.1) is 19.0 Å². The van der Waals surface area contributed by atoms with Crippen LogP contribution in [-0.2, 0) is 9.53 Å². The second kappa shape index (κ2) is 6.59. The number of benzene rings is 1. The first-order chi connectivity index (χ1) is 8.66. The highest BCUT2D eigenvalue weighted by Crippen LogP contribution is 2.25. The second-order valence-corrected chi connectivity index (χ2v) is 6.12. The van der Waals surface area contributed by atoms with Gasteiger partial charge in [0.25, 0.3) is 0 Å². The highest BCUT2D eigenvalue weighted by atomic mass is 79.9. The molecule has 0 radical (unpaired) electrons. The summed E-state index contributed by atoms with van der Waals surface area (Å²) in [7, 11) is 0. The first-order valence-corrected chi connectivity index (χ1v) is 7.69. The Morgan fingerprint density at radius 1 is 1.44 bits per heavy atom. The molecule has 1 amide bonds. The van der Waals surface area contributed by atoms with Crippen LogP contribution >= 0.6 is 27.7 Å². The van der Waals surface area contributed by atoms with Gasteiger partial charge >= 0.3 is 0 Å². The Morgan fingerprint density at radius 2 is 2.17 bits per heavy atom. The minimum atomic E-state index is 0.200. The maximum absolute atomic E-state index is 12.0. The largest absolute Gasteiger partial charge is 0.378 e. The summed E-state index contributed by atoms with van der Waals surface area (Å²) in [4.78, 5) is 15.0. The first kappa shape index (κ1) is 13.9. The predicted molar refractivity (Wildman–Crippen MR) is 77.0 cm³/mol. The average Bonchev–Trinajstić information content (AvgIpc) is 2.38. The highest BCUT2D eigenvalue weighted by molar-refractivity contribution is 9.10. The SMILES string of the molecule is Cc1cc(Br)ccc1SCC(=O)N1CCOCC1. The van der Waals surface area contributed by atoms with Crippen LogP contribution in [0.4, 0.5) is 0 Å². The summed E-state index contributed by atoms with van der Waals surface area (Å²) in [5.41, 5.74) is 1.20. The molecule has 1 aliphatic rings. The van der Waals surface area contributed by atoms with E-state index in [1.54, 1.807) is 11.8 Å². The Morgan fingerprint density at radius 3 is 2.83 bits per heavy atom. The van der Waals surface area contributed by atoms with Gasteiger partial charge in [-0.15, -0.1) is 11.8 Å². The summed E-state index contributed by atoms with van der Waals surface area (Å²) in [6.45, 7) is 4.82. The number of aryl methyl sites for hydroxylation is 1. The molecule has 1 aromatic rings. The summed E-state index contributed by atoms with van der Waals surface area (Å²) in [5, 5.41) is 0. The third-order valence-corrected chi connectivity index (χ3v) is 4.51. The zero-order valence-corrected chi connectivity index (χ0v) is 12.7. The van der Waals surface area contributed by atoms with Gasteiger partial charge < -0.3 is 9.64 Å². The molecule has 0 aromatic heterocycles. The van der Waals surface area contributed by atoms with Crippen LogP contribution < -0.4 is 0 Å². The van der Waals surface area contributed by atoms with Crippen LogP contribution in [0.1, 0.15) is 5.56 Å². The van der Waals surface area contributed by atoms with E-state index in [0.29, 0.717) is 19.0 Å². The summed E-state index contributed by atoms with van der Waals surface area (Å²) in [5.74, 6) is 0.702. The maximum atomic E-state index is 12.0. The van der Waals surface area contributed by atoms with Crippen molar-refractivity contribution in [2.45, 2.75) is 11.8 Å². The van der Waals surface area contributed by atoms with Crippen LogP contribution in [-0.4, -0.2) is 42.9 Å². The van der Waals surface area contributed by atoms with E-state index < -0.39 is 0 Å². The van der Waals surface area contributed by atoms with Crippen molar-refractivity contribution in [2.75, 3.05) is 32.1 Å². The molecule has 1 aliphatic heterocycles. The standard InChI is InChI=1S/C13H16BrNO2S/c1-10-8-11(14)2-3-12(10)18-9-13(16)15-4-6-17-7-5-15/h2-3,8H,4-7,9H2,1H3. The molecule has 1 aromatic carbocycles. The minimum Gasteiger partial charge on any atom is -0.378 e. The molecule has 98 valence electrons. The van der Waals surface area contributed by atoms with Crippen LogP contribution in [0.2, 0.25) is 0 Å². The van der Waals surface area contributed by atoms with Crippen LogP contribution in [0.25, 0.3) is 0 Å². The monoisotopic (exact) mass is 329 g/mol. The van der Waals surface area contributed by atoms with E-state index >= 15 is 0 Å². The Kier molecular flexibility index (Phi) is 5.09. The maximum Gasteiger partial charge on any atom is 0.233 e. The Bertz CT molecular complexity index is 433. The summed E-state index contributed by atoms with van der Waals surface area (Å²) < 4.78 is 6.31. The van der Waals surface area contributed by atoms with E-state index in [1.165, 1.54) is 10.5 Å². The molecule has 1 heterocycles. The number of rotatable bonds is 3. The normalized spacial score (nSPS) is 15.8. The Balaban J connectivity index is 1.88. The zero-order valence-electron chi connectivity index (χ0n) is 10.3. The molecule has 1 fully saturated rings. The summed E-state index contributed by atoms with van der Waals surface area (Å²) in [6.07, 6.45) is 0. The fourth-order valence-electron chi connectivity index (χ4n) is 1.82. The predicted octanol–water partition coefficient (Wildman–Crippen LogP) is 2.71. The molecule has 0 spiro atoms. The van der Waals surface area contributed by atoms with Gasteiger partial charge in [-0.05, 0) is 30.7 Å². The molecule has 0 atom stereocenters. The second-order valence-electron chi connectivity index (χ2n) is 4.19. The van der Waals surface area contributed by atoms with Crippen LogP contribution in [0.3, 0.4) is 0 Å². The molecule has 3 nitrogen and oxygen atoms in total. The summed E-state index contributed by atoms with van der Waals surface area (Å²) in [6, 6.07) is 6.13. The van der Waals surface area contributed by atoms with Gasteiger partial charge in [-0.3, -0.25) is 4.79 Å². The van der Waals surface area contributed by atoms with Gasteiger partial charge in [-0.25, -0.2) is 0 Å². The molecule has 18 heavy (non-hydrogen) atoms. The molecule has 0 unspecified atom stereocenters. The van der Waals surface area contributed by atoms with Gasteiger partial charge in [0.1, 0.15) is 0 Å². The average molecular weight is 330 g/mol. The van der Waals surface area contributed by atoms with E-state index in [4.69, 9.17) is 4.74 Å². The third kappa shape index (κ3) is 3.73. The van der Waals surface area contributed by atoms with Gasteiger partial charge in [0.2, 0.25) is 5.91 Å². The van der Waals surface area contributed by atoms with E-state index in [-0.39, 0.29) is 5.91 Å². The van der Waals surface area contributed by atoms with Crippen molar-refractivity contribution in [3.05, 3.63) is 28.2 Å². The van der Waals surface area contributed by atoms with Gasteiger partial charge in [-0.1, -0.05) is 15.9 Å². The van der Waals surface area contributed by atoms with E-state index in [0.717, 1.165) is 17.6 Å². The lowest BCUT2D eigenvalue weighted by molar-refractivity contribution is -0.132. The van der Waals surface area contributed by atoms with Crippen molar-refractivity contribution in [1.29, 1.82) is 0 Å². The fourth-order valence-corrected chi connectivity index (χ4v) is 3.21. The van der Waals surface area contributed by atoms with Crippen molar-refractivity contribution in [1.82, 2.24) is 4.90 Å². The first-order valence-electron chi connectivity index (χ1n) is 5.91. The fraction of sp³-hybridized carbons (Fsp3) is 0.462. The quantitative estimate of drug-likeness (QED) is 0.798. The Hall–Kier alpha value is -0.520. The molecular formula is C13H16BrNO2S. The lowest BCUT2D eigenvalue weighted by Gasteiger charge is -2.26. The molecular weight excluding hydrogens is 314 g/mol. The number of halogens is 1. The number of carbonyl (C=O) groups is 1. The van der Waals surface area contributed by atoms with E-state index in [1.807, 2.05) is 11.0 Å². The zero-order chi connectivity index (χ0) is 13.0. The number of amides is 1. The topological polar surface area (TPSA) is 29.5 Å². The number of ether oxygens (including phenoxy) is 1. The van der Waals surface area contributed by atoms with E-state index in [2.05, 4.69) is 35.0 Å². The molecule has 0 bridgehead atoms. The molecule has 1 saturated heterocycles. The third-order valence-electron chi connectivity index (χ3n) is 2.85. The smallest absolute Gasteiger partial charge is 0.233 e. The Labute approximate surface area is 120 Å². The number of morpholine rings is 1. The van der Waals surface area contributed by atoms with Crippen molar-refractivity contribution in [3.8, 4) is 0 Å². The lowest BCUT2D eigenvalue weighted by Crippen LogP contribution is -2.41. The molecule has 0 saturated carbocycles. The number of nitrogens with zero attached hydrogens (tertiary/aromatic N) is 1. The summed E-state index contributed by atoms with van der Waals surface area (Å²) >= 11 is 5.05. The van der Waals surface area contributed by atoms with E-state index in [9.17, 15) is 4.79 Å². The van der Waals surface area contributed by atoms with Crippen LogP contribution in [0, 0.1) is 6.92 Å². The van der Waals surface area contributed by atoms with Crippen molar-refractivity contribution in [2.24, 2.45) is 0 Å². The number of thioether (sulfide) groups is 1.